The second-order valence-corrected chi connectivity index (χ2v) is 9.86. The van der Waals surface area contributed by atoms with Crippen molar-refractivity contribution in [1.29, 1.82) is 0 Å². The van der Waals surface area contributed by atoms with Gasteiger partial charge in [-0.2, -0.15) is 0 Å². The van der Waals surface area contributed by atoms with Gasteiger partial charge >= 0.3 is 11.9 Å². The summed E-state index contributed by atoms with van der Waals surface area (Å²) in [7, 11) is 0. The lowest BCUT2D eigenvalue weighted by atomic mass is 9.71. The van der Waals surface area contributed by atoms with E-state index in [-0.39, 0.29) is 18.0 Å². The topological polar surface area (TPSA) is 79.3 Å². The first kappa shape index (κ1) is 21.5. The summed E-state index contributed by atoms with van der Waals surface area (Å²) in [4.78, 5) is 27.9. The molecule has 0 amide bonds. The van der Waals surface area contributed by atoms with Gasteiger partial charge in [0.05, 0.1) is 11.3 Å². The minimum absolute atomic E-state index is 0.0992. The van der Waals surface area contributed by atoms with E-state index in [0.29, 0.717) is 24.0 Å². The molecule has 1 aromatic rings. The van der Waals surface area contributed by atoms with Gasteiger partial charge in [0.15, 0.2) is 0 Å². The van der Waals surface area contributed by atoms with Gasteiger partial charge in [-0.3, -0.25) is 4.90 Å². The van der Waals surface area contributed by atoms with Gasteiger partial charge in [0.2, 0.25) is 0 Å². The SMILES string of the molecule is C[C@@H]1Cc2cc(CC(O)N3CCC4(CCN(C5=CC(=O)OC5)CC4)CC3)ccc2C(=O)O1. The number of hydrogen-bond donors (Lipinski definition) is 1. The number of fused-ring (bicyclic) bond motifs is 1. The maximum Gasteiger partial charge on any atom is 0.338 e. The van der Waals surface area contributed by atoms with Crippen molar-refractivity contribution in [1.82, 2.24) is 9.80 Å². The molecule has 0 radical (unpaired) electrons. The molecule has 4 aliphatic rings. The fourth-order valence-corrected chi connectivity index (χ4v) is 5.69. The van der Waals surface area contributed by atoms with E-state index < -0.39 is 6.23 Å². The predicted octanol–water partition coefficient (Wildman–Crippen LogP) is 2.27. The van der Waals surface area contributed by atoms with E-state index in [1.54, 1.807) is 6.08 Å². The average Bonchev–Trinajstić information content (AvgIpc) is 3.20. The number of carbonyl (C=O) groups excluding carboxylic acids is 2. The molecule has 172 valence electrons. The molecular formula is C25H32N2O5. The Labute approximate surface area is 189 Å². The fourth-order valence-electron chi connectivity index (χ4n) is 5.69. The zero-order valence-corrected chi connectivity index (χ0v) is 18.7. The molecule has 4 heterocycles. The molecule has 7 heteroatoms. The second kappa shape index (κ2) is 8.52. The normalized spacial score (nSPS) is 26.4. The number of rotatable bonds is 4. The Balaban J connectivity index is 1.14. The number of esters is 2. The Bertz CT molecular complexity index is 924. The number of ether oxygens (including phenoxy) is 2. The molecule has 1 aromatic carbocycles. The zero-order valence-electron chi connectivity index (χ0n) is 18.7. The molecule has 1 unspecified atom stereocenters. The molecule has 0 saturated carbocycles. The number of aliphatic hydroxyl groups excluding tert-OH is 1. The van der Waals surface area contributed by atoms with Crippen molar-refractivity contribution in [3.63, 3.8) is 0 Å². The quantitative estimate of drug-likeness (QED) is 0.720. The Kier molecular flexibility index (Phi) is 5.72. The Morgan fingerprint density at radius 2 is 1.84 bits per heavy atom. The largest absolute Gasteiger partial charge is 0.459 e. The minimum Gasteiger partial charge on any atom is -0.459 e. The standard InChI is InChI=1S/C25H32N2O5/c1-17-12-19-13-18(2-3-21(19)24(30)32-17)14-22(28)27-10-6-25(7-11-27)4-8-26(9-5-25)20-15-23(29)31-16-20/h2-3,13,15,17,22,28H,4-12,14,16H2,1H3/t17-,22?/m1/s1. The Hall–Kier alpha value is -2.38. The molecule has 1 N–H and O–H groups in total. The van der Waals surface area contributed by atoms with Crippen LogP contribution in [0.5, 0.6) is 0 Å². The summed E-state index contributed by atoms with van der Waals surface area (Å²) in [6, 6.07) is 5.83. The Morgan fingerprint density at radius 3 is 2.53 bits per heavy atom. The second-order valence-electron chi connectivity index (χ2n) is 9.86. The molecule has 2 atom stereocenters. The highest BCUT2D eigenvalue weighted by Gasteiger charge is 2.39. The first-order chi connectivity index (χ1) is 15.4. The lowest BCUT2D eigenvalue weighted by Crippen LogP contribution is -2.49. The van der Waals surface area contributed by atoms with E-state index in [2.05, 4.69) is 15.9 Å². The number of piperidine rings is 2. The summed E-state index contributed by atoms with van der Waals surface area (Å²) in [5, 5.41) is 10.9. The van der Waals surface area contributed by atoms with Crippen LogP contribution in [-0.2, 0) is 27.1 Å². The van der Waals surface area contributed by atoms with Crippen molar-refractivity contribution in [2.75, 3.05) is 32.8 Å². The minimum atomic E-state index is -0.509. The molecule has 7 nitrogen and oxygen atoms in total. The van der Waals surface area contributed by atoms with Crippen LogP contribution in [0.25, 0.3) is 0 Å². The predicted molar refractivity (Wildman–Crippen MR) is 118 cm³/mol. The number of benzene rings is 1. The third kappa shape index (κ3) is 4.28. The molecule has 2 fully saturated rings. The van der Waals surface area contributed by atoms with Gasteiger partial charge in [-0.15, -0.1) is 0 Å². The van der Waals surface area contributed by atoms with E-state index in [9.17, 15) is 14.7 Å². The lowest BCUT2D eigenvalue weighted by molar-refractivity contribution is -0.135. The summed E-state index contributed by atoms with van der Waals surface area (Å²) in [6.07, 6.45) is 6.76. The first-order valence-corrected chi connectivity index (χ1v) is 11.8. The number of aliphatic hydroxyl groups is 1. The van der Waals surface area contributed by atoms with Crippen molar-refractivity contribution in [3.8, 4) is 0 Å². The van der Waals surface area contributed by atoms with Crippen LogP contribution < -0.4 is 0 Å². The van der Waals surface area contributed by atoms with Crippen LogP contribution in [0.15, 0.2) is 30.0 Å². The molecule has 1 spiro atoms. The number of carbonyl (C=O) groups is 2. The van der Waals surface area contributed by atoms with Crippen LogP contribution in [0.4, 0.5) is 0 Å². The van der Waals surface area contributed by atoms with Crippen LogP contribution in [0.2, 0.25) is 0 Å². The molecule has 0 aromatic heterocycles. The first-order valence-electron chi connectivity index (χ1n) is 11.8. The highest BCUT2D eigenvalue weighted by atomic mass is 16.5. The van der Waals surface area contributed by atoms with E-state index in [1.165, 1.54) is 0 Å². The Morgan fingerprint density at radius 1 is 1.12 bits per heavy atom. The maximum absolute atomic E-state index is 12.0. The highest BCUT2D eigenvalue weighted by Crippen LogP contribution is 2.42. The average molecular weight is 441 g/mol. The fraction of sp³-hybridized carbons (Fsp3) is 0.600. The van der Waals surface area contributed by atoms with Crippen LogP contribution in [0, 0.1) is 5.41 Å². The van der Waals surface area contributed by atoms with Gasteiger partial charge in [-0.05, 0) is 55.2 Å². The molecule has 0 bridgehead atoms. The van der Waals surface area contributed by atoms with E-state index in [1.807, 2.05) is 19.1 Å². The van der Waals surface area contributed by atoms with Crippen LogP contribution in [-0.4, -0.2) is 72.0 Å². The molecule has 0 aliphatic carbocycles. The van der Waals surface area contributed by atoms with Crippen LogP contribution >= 0.6 is 0 Å². The van der Waals surface area contributed by atoms with Gasteiger partial charge in [-0.1, -0.05) is 12.1 Å². The van der Waals surface area contributed by atoms with Crippen molar-refractivity contribution >= 4 is 11.9 Å². The summed E-state index contributed by atoms with van der Waals surface area (Å²) in [5.74, 6) is -0.475. The monoisotopic (exact) mass is 440 g/mol. The third-order valence-corrected chi connectivity index (χ3v) is 7.78. The number of cyclic esters (lactones) is 2. The third-order valence-electron chi connectivity index (χ3n) is 7.78. The lowest BCUT2D eigenvalue weighted by Gasteiger charge is -2.48. The van der Waals surface area contributed by atoms with Crippen molar-refractivity contribution < 1.29 is 24.2 Å². The van der Waals surface area contributed by atoms with Gasteiger partial charge in [0.1, 0.15) is 18.9 Å². The number of nitrogens with zero attached hydrogens (tertiary/aromatic N) is 2. The molecule has 2 saturated heterocycles. The van der Waals surface area contributed by atoms with Gasteiger partial charge in [0.25, 0.3) is 0 Å². The number of hydrogen-bond acceptors (Lipinski definition) is 7. The smallest absolute Gasteiger partial charge is 0.338 e. The van der Waals surface area contributed by atoms with E-state index in [4.69, 9.17) is 9.47 Å². The van der Waals surface area contributed by atoms with Crippen LogP contribution in [0.3, 0.4) is 0 Å². The molecule has 5 rings (SSSR count). The van der Waals surface area contributed by atoms with Crippen molar-refractivity contribution in [3.05, 3.63) is 46.7 Å². The molecule has 4 aliphatic heterocycles. The van der Waals surface area contributed by atoms with Crippen molar-refractivity contribution in [2.45, 2.75) is 57.8 Å². The van der Waals surface area contributed by atoms with Crippen molar-refractivity contribution in [2.24, 2.45) is 5.41 Å². The highest BCUT2D eigenvalue weighted by molar-refractivity contribution is 5.92. The summed E-state index contributed by atoms with van der Waals surface area (Å²) in [5.41, 5.74) is 4.10. The van der Waals surface area contributed by atoms with Crippen LogP contribution in [0.1, 0.15) is 54.1 Å². The molecular weight excluding hydrogens is 408 g/mol. The number of likely N-dealkylation sites (tertiary alicyclic amines) is 2. The van der Waals surface area contributed by atoms with Gasteiger partial charge < -0.3 is 19.5 Å². The van der Waals surface area contributed by atoms with Gasteiger partial charge in [-0.25, -0.2) is 9.59 Å². The molecule has 32 heavy (non-hydrogen) atoms. The zero-order chi connectivity index (χ0) is 22.3. The summed E-state index contributed by atoms with van der Waals surface area (Å²) < 4.78 is 10.4. The van der Waals surface area contributed by atoms with E-state index in [0.717, 1.165) is 75.1 Å². The maximum atomic E-state index is 12.0. The van der Waals surface area contributed by atoms with E-state index >= 15 is 0 Å². The van der Waals surface area contributed by atoms with Gasteiger partial charge in [0, 0.05) is 45.1 Å². The summed E-state index contributed by atoms with van der Waals surface area (Å²) in [6.45, 7) is 6.07. The summed E-state index contributed by atoms with van der Waals surface area (Å²) >= 11 is 0.